The number of benzene rings is 1. The maximum Gasteiger partial charge on any atom is 0.417 e. The number of halogens is 4. The van der Waals surface area contributed by atoms with E-state index in [1.165, 1.54) is 17.7 Å². The Bertz CT molecular complexity index is 1110. The van der Waals surface area contributed by atoms with Crippen molar-refractivity contribution in [2.24, 2.45) is 0 Å². The molecular weight excluding hydrogens is 459 g/mol. The second-order valence-corrected chi connectivity index (χ2v) is 8.06. The molecule has 0 aliphatic carbocycles. The molecule has 0 saturated heterocycles. The Hall–Kier alpha value is -3.07. The molecule has 2 heterocycles. The van der Waals surface area contributed by atoms with Gasteiger partial charge in [0.15, 0.2) is 17.3 Å². The third-order valence-electron chi connectivity index (χ3n) is 4.70. The highest BCUT2D eigenvalue weighted by Crippen LogP contribution is 2.35. The molecule has 0 aliphatic rings. The van der Waals surface area contributed by atoms with E-state index in [1.807, 2.05) is 13.8 Å². The van der Waals surface area contributed by atoms with E-state index >= 15 is 0 Å². The summed E-state index contributed by atoms with van der Waals surface area (Å²) < 4.78 is 50.8. The van der Waals surface area contributed by atoms with Gasteiger partial charge in [-0.3, -0.25) is 4.79 Å². The van der Waals surface area contributed by atoms with Gasteiger partial charge in [-0.25, -0.2) is 9.67 Å². The number of nitrogens with zero attached hydrogens (tertiary/aromatic N) is 3. The first-order valence-electron chi connectivity index (χ1n) is 10.3. The topological polar surface area (TPSA) is 66.2 Å². The maximum atomic E-state index is 12.8. The van der Waals surface area contributed by atoms with Crippen molar-refractivity contribution >= 4 is 17.6 Å². The molecule has 0 atom stereocenters. The first-order chi connectivity index (χ1) is 15.6. The molecule has 33 heavy (non-hydrogen) atoms. The van der Waals surface area contributed by atoms with Gasteiger partial charge in [0.1, 0.15) is 0 Å². The van der Waals surface area contributed by atoms with Crippen molar-refractivity contribution in [3.63, 3.8) is 0 Å². The van der Waals surface area contributed by atoms with E-state index in [0.717, 1.165) is 23.5 Å². The highest BCUT2D eigenvalue weighted by Gasteiger charge is 2.30. The molecule has 0 amide bonds. The zero-order valence-electron chi connectivity index (χ0n) is 18.3. The smallest absolute Gasteiger partial charge is 0.417 e. The fourth-order valence-corrected chi connectivity index (χ4v) is 3.43. The molecule has 0 unspecified atom stereocenters. The highest BCUT2D eigenvalue weighted by molar-refractivity contribution is 6.32. The van der Waals surface area contributed by atoms with Crippen LogP contribution in [0.2, 0.25) is 5.02 Å². The van der Waals surface area contributed by atoms with Crippen molar-refractivity contribution in [3.8, 4) is 17.3 Å². The van der Waals surface area contributed by atoms with Crippen molar-refractivity contribution < 1.29 is 27.4 Å². The second-order valence-electron chi connectivity index (χ2n) is 7.65. The predicted octanol–water partition coefficient (Wildman–Crippen LogP) is 6.00. The number of aromatic nitrogens is 3. The van der Waals surface area contributed by atoms with Crippen LogP contribution in [0.25, 0.3) is 5.82 Å². The van der Waals surface area contributed by atoms with E-state index in [2.05, 4.69) is 10.1 Å². The van der Waals surface area contributed by atoms with Gasteiger partial charge in [0.05, 0.1) is 22.9 Å². The molecule has 3 aromatic rings. The molecule has 0 fully saturated rings. The number of carbonyl (C=O) groups is 1. The van der Waals surface area contributed by atoms with Gasteiger partial charge < -0.3 is 9.47 Å². The molecule has 2 aromatic heterocycles. The highest BCUT2D eigenvalue weighted by atomic mass is 35.5. The summed E-state index contributed by atoms with van der Waals surface area (Å²) in [4.78, 5) is 15.2. The van der Waals surface area contributed by atoms with Crippen molar-refractivity contribution in [3.05, 3.63) is 64.6 Å². The average Bonchev–Trinajstić information content (AvgIpc) is 3.16. The molecule has 6 nitrogen and oxygen atoms in total. The summed E-state index contributed by atoms with van der Waals surface area (Å²) in [6.07, 6.45) is -0.659. The monoisotopic (exact) mass is 481 g/mol. The summed E-state index contributed by atoms with van der Waals surface area (Å²) in [7, 11) is 0. The molecule has 0 spiro atoms. The number of esters is 1. The standard InChI is InChI=1S/C23H23ClF3N3O3/c1-14(2)21-16(13-30(29-21)20-10-9-17(12-28-20)23(25,26)27)6-5-11-32-22-18(24)7-4-8-19(22)33-15(3)31/h4,7-10,12-14H,5-6,11H2,1-3H3. The Kier molecular flexibility index (Phi) is 7.63. The minimum atomic E-state index is -4.44. The van der Waals surface area contributed by atoms with Crippen LogP contribution in [0.5, 0.6) is 11.5 Å². The van der Waals surface area contributed by atoms with Crippen LogP contribution >= 0.6 is 11.6 Å². The normalized spacial score (nSPS) is 11.6. The molecule has 176 valence electrons. The molecule has 0 saturated carbocycles. The SMILES string of the molecule is CC(=O)Oc1cccc(Cl)c1OCCCc1cn(-c2ccc(C(F)(F)F)cn2)nc1C(C)C. The molecule has 1 aromatic carbocycles. The van der Waals surface area contributed by atoms with Crippen LogP contribution in [0.4, 0.5) is 13.2 Å². The van der Waals surface area contributed by atoms with E-state index in [4.69, 9.17) is 21.1 Å². The van der Waals surface area contributed by atoms with Crippen LogP contribution in [-0.4, -0.2) is 27.3 Å². The summed E-state index contributed by atoms with van der Waals surface area (Å²) >= 11 is 6.18. The first-order valence-corrected chi connectivity index (χ1v) is 10.7. The predicted molar refractivity (Wildman–Crippen MR) is 117 cm³/mol. The van der Waals surface area contributed by atoms with E-state index in [1.54, 1.807) is 24.4 Å². The van der Waals surface area contributed by atoms with Gasteiger partial charge in [0.25, 0.3) is 0 Å². The average molecular weight is 482 g/mol. The first kappa shape index (κ1) is 24.6. The lowest BCUT2D eigenvalue weighted by atomic mass is 10.0. The van der Waals surface area contributed by atoms with Gasteiger partial charge in [0, 0.05) is 19.3 Å². The number of para-hydroxylation sites is 1. The maximum absolute atomic E-state index is 12.8. The fourth-order valence-electron chi connectivity index (χ4n) is 3.21. The zero-order valence-corrected chi connectivity index (χ0v) is 19.1. The molecule has 0 aliphatic heterocycles. The van der Waals surface area contributed by atoms with Gasteiger partial charge in [-0.05, 0) is 48.6 Å². The lowest BCUT2D eigenvalue weighted by Gasteiger charge is -2.12. The quantitative estimate of drug-likeness (QED) is 0.224. The van der Waals surface area contributed by atoms with Crippen molar-refractivity contribution in [1.82, 2.24) is 14.8 Å². The van der Waals surface area contributed by atoms with Crippen molar-refractivity contribution in [1.29, 1.82) is 0 Å². The van der Waals surface area contributed by atoms with Crippen LogP contribution in [0, 0.1) is 0 Å². The molecule has 3 rings (SSSR count). The minimum absolute atomic E-state index is 0.107. The third kappa shape index (κ3) is 6.25. The van der Waals surface area contributed by atoms with Crippen LogP contribution in [0.3, 0.4) is 0 Å². The van der Waals surface area contributed by atoms with Gasteiger partial charge >= 0.3 is 12.1 Å². The minimum Gasteiger partial charge on any atom is -0.488 e. The number of hydrogen-bond donors (Lipinski definition) is 0. The Morgan fingerprint density at radius 2 is 1.97 bits per heavy atom. The summed E-state index contributed by atoms with van der Waals surface area (Å²) in [5, 5.41) is 4.85. The number of rotatable bonds is 8. The zero-order chi connectivity index (χ0) is 24.2. The molecule has 0 bridgehead atoms. The number of hydrogen-bond acceptors (Lipinski definition) is 5. The number of pyridine rings is 1. The number of ether oxygens (including phenoxy) is 2. The Morgan fingerprint density at radius 3 is 2.58 bits per heavy atom. The summed E-state index contributed by atoms with van der Waals surface area (Å²) in [6.45, 7) is 5.57. The molecule has 10 heteroatoms. The van der Waals surface area contributed by atoms with E-state index in [0.29, 0.717) is 36.0 Å². The van der Waals surface area contributed by atoms with Gasteiger partial charge in [-0.1, -0.05) is 31.5 Å². The Morgan fingerprint density at radius 1 is 1.21 bits per heavy atom. The summed E-state index contributed by atoms with van der Waals surface area (Å²) in [6, 6.07) is 7.17. The van der Waals surface area contributed by atoms with Gasteiger partial charge in [-0.2, -0.15) is 18.3 Å². The molecular formula is C23H23ClF3N3O3. The second kappa shape index (κ2) is 10.2. The molecule has 0 radical (unpaired) electrons. The Balaban J connectivity index is 1.70. The van der Waals surface area contributed by atoms with E-state index < -0.39 is 17.7 Å². The van der Waals surface area contributed by atoms with Gasteiger partial charge in [0.2, 0.25) is 0 Å². The number of alkyl halides is 3. The largest absolute Gasteiger partial charge is 0.488 e. The van der Waals surface area contributed by atoms with Crippen molar-refractivity contribution in [2.75, 3.05) is 6.61 Å². The number of aryl methyl sites for hydroxylation is 1. The molecule has 0 N–H and O–H groups in total. The van der Waals surface area contributed by atoms with Crippen LogP contribution < -0.4 is 9.47 Å². The van der Waals surface area contributed by atoms with Crippen molar-refractivity contribution in [2.45, 2.75) is 45.7 Å². The number of carbonyl (C=O) groups excluding carboxylic acids is 1. The third-order valence-corrected chi connectivity index (χ3v) is 5.00. The van der Waals surface area contributed by atoms with Gasteiger partial charge in [-0.15, -0.1) is 0 Å². The van der Waals surface area contributed by atoms with E-state index in [-0.39, 0.29) is 11.7 Å². The van der Waals surface area contributed by atoms with Crippen LogP contribution in [-0.2, 0) is 17.4 Å². The summed E-state index contributed by atoms with van der Waals surface area (Å²) in [5.41, 5.74) is 0.956. The van der Waals surface area contributed by atoms with Crippen LogP contribution in [0.15, 0.2) is 42.7 Å². The Labute approximate surface area is 194 Å². The van der Waals surface area contributed by atoms with Crippen LogP contribution in [0.1, 0.15) is 49.9 Å². The lowest BCUT2D eigenvalue weighted by molar-refractivity contribution is -0.138. The lowest BCUT2D eigenvalue weighted by Crippen LogP contribution is -2.07. The fraction of sp³-hybridized carbons (Fsp3) is 0.348. The summed E-state index contributed by atoms with van der Waals surface area (Å²) in [5.74, 6) is 0.473. The van der Waals surface area contributed by atoms with E-state index in [9.17, 15) is 18.0 Å².